The third-order valence-electron chi connectivity index (χ3n) is 3.97. The number of hydrogen-bond donors (Lipinski definition) is 1. The smallest absolute Gasteiger partial charge is 0.262 e. The molecule has 1 aliphatic rings. The van der Waals surface area contributed by atoms with E-state index in [1.807, 2.05) is 24.3 Å². The Kier molecular flexibility index (Phi) is 5.76. The number of thioether (sulfide) groups is 1. The zero-order valence-corrected chi connectivity index (χ0v) is 16.2. The van der Waals surface area contributed by atoms with Crippen molar-refractivity contribution in [2.45, 2.75) is 11.7 Å². The number of halogens is 2. The predicted octanol–water partition coefficient (Wildman–Crippen LogP) is 3.90. The van der Waals surface area contributed by atoms with Crippen molar-refractivity contribution in [1.82, 2.24) is 0 Å². The van der Waals surface area contributed by atoms with E-state index in [0.717, 1.165) is 17.3 Å². The van der Waals surface area contributed by atoms with Gasteiger partial charge in [0.05, 0.1) is 5.25 Å². The quantitative estimate of drug-likeness (QED) is 0.603. The second-order valence-corrected chi connectivity index (χ2v) is 7.74. The summed E-state index contributed by atoms with van der Waals surface area (Å²) in [4.78, 5) is 26.2. The van der Waals surface area contributed by atoms with Crippen molar-refractivity contribution in [3.8, 4) is 6.07 Å². The summed E-state index contributed by atoms with van der Waals surface area (Å²) in [5, 5.41) is 10.1. The fraction of sp³-hybridized carbons (Fsp3) is 0.105. The summed E-state index contributed by atoms with van der Waals surface area (Å²) in [6.07, 6.45) is 0.355. The number of carbonyl (C=O) groups excluding carboxylic acids is 2. The molecule has 0 saturated carbocycles. The lowest BCUT2D eigenvalue weighted by atomic mass is 10.1. The van der Waals surface area contributed by atoms with Crippen LogP contribution in [0.25, 0.3) is 0 Å². The number of nitrogens with two attached hydrogens (primary N) is 1. The summed E-state index contributed by atoms with van der Waals surface area (Å²) >= 11 is 13.3. The first kappa shape index (κ1) is 19.3. The normalized spacial score (nSPS) is 18.3. The lowest BCUT2D eigenvalue weighted by molar-refractivity contribution is -0.117. The molecule has 136 valence electrons. The van der Waals surface area contributed by atoms with E-state index in [1.54, 1.807) is 30.3 Å². The second kappa shape index (κ2) is 8.05. The molecule has 0 bridgehead atoms. The molecule has 2 aromatic rings. The van der Waals surface area contributed by atoms with Gasteiger partial charge in [0.25, 0.3) is 5.91 Å². The van der Waals surface area contributed by atoms with Crippen LogP contribution in [0.15, 0.2) is 59.1 Å². The molecule has 0 aromatic heterocycles. The molecular formula is C19H13Cl2N3O2S. The summed E-state index contributed by atoms with van der Waals surface area (Å²) in [5.41, 5.74) is 6.39. The highest BCUT2D eigenvalue weighted by atomic mass is 35.5. The summed E-state index contributed by atoms with van der Waals surface area (Å²) in [5.74, 6) is -1.14. The number of benzene rings is 2. The highest BCUT2D eigenvalue weighted by Gasteiger charge is 2.40. The zero-order valence-electron chi connectivity index (χ0n) is 13.9. The molecule has 2 N–H and O–H groups in total. The number of carbonyl (C=O) groups is 2. The maximum atomic E-state index is 13.1. The van der Waals surface area contributed by atoms with Gasteiger partial charge in [-0.2, -0.15) is 5.26 Å². The van der Waals surface area contributed by atoms with E-state index < -0.39 is 11.2 Å². The van der Waals surface area contributed by atoms with Gasteiger partial charge in [-0.15, -0.1) is 0 Å². The average molecular weight is 418 g/mol. The molecule has 1 saturated heterocycles. The summed E-state index contributed by atoms with van der Waals surface area (Å²) < 4.78 is 0. The van der Waals surface area contributed by atoms with Crippen molar-refractivity contribution in [3.63, 3.8) is 0 Å². The number of rotatable bonds is 4. The molecule has 0 radical (unpaired) electrons. The summed E-state index contributed by atoms with van der Waals surface area (Å²) in [7, 11) is 0. The SMILES string of the molecule is N#CC(C(N)=O)=C1SC(Cc2ccccc2Cl)C(=O)N1c1ccc(Cl)cc1. The van der Waals surface area contributed by atoms with Gasteiger partial charge in [-0.25, -0.2) is 0 Å². The van der Waals surface area contributed by atoms with Crippen LogP contribution in [0.1, 0.15) is 5.56 Å². The van der Waals surface area contributed by atoms with Crippen LogP contribution in [-0.4, -0.2) is 17.1 Å². The van der Waals surface area contributed by atoms with Crippen LogP contribution in [0.3, 0.4) is 0 Å². The highest BCUT2D eigenvalue weighted by molar-refractivity contribution is 8.05. The minimum absolute atomic E-state index is 0.217. The Morgan fingerprint density at radius 1 is 1.19 bits per heavy atom. The van der Waals surface area contributed by atoms with Crippen molar-refractivity contribution in [1.29, 1.82) is 5.26 Å². The van der Waals surface area contributed by atoms with E-state index in [9.17, 15) is 14.9 Å². The molecule has 2 amide bonds. The molecule has 1 fully saturated rings. The Bertz CT molecular complexity index is 983. The Morgan fingerprint density at radius 3 is 2.44 bits per heavy atom. The molecule has 0 aliphatic carbocycles. The number of nitrogens with zero attached hydrogens (tertiary/aromatic N) is 2. The van der Waals surface area contributed by atoms with Gasteiger partial charge in [0.1, 0.15) is 16.7 Å². The Balaban J connectivity index is 2.05. The van der Waals surface area contributed by atoms with Gasteiger partial charge in [-0.3, -0.25) is 14.5 Å². The van der Waals surface area contributed by atoms with Crippen LogP contribution in [0.2, 0.25) is 10.0 Å². The molecule has 1 unspecified atom stereocenters. The minimum Gasteiger partial charge on any atom is -0.365 e. The third kappa shape index (κ3) is 3.96. The largest absolute Gasteiger partial charge is 0.365 e. The minimum atomic E-state index is -0.884. The molecule has 1 aliphatic heterocycles. The van der Waals surface area contributed by atoms with Crippen LogP contribution in [0.5, 0.6) is 0 Å². The van der Waals surface area contributed by atoms with Gasteiger partial charge in [0.2, 0.25) is 5.91 Å². The van der Waals surface area contributed by atoms with Crippen molar-refractivity contribution >= 4 is 52.5 Å². The van der Waals surface area contributed by atoms with Gasteiger partial charge in [0, 0.05) is 15.7 Å². The Morgan fingerprint density at radius 2 is 1.85 bits per heavy atom. The predicted molar refractivity (Wildman–Crippen MR) is 107 cm³/mol. The van der Waals surface area contributed by atoms with Gasteiger partial charge < -0.3 is 5.73 Å². The number of primary amides is 1. The maximum absolute atomic E-state index is 13.1. The summed E-state index contributed by atoms with van der Waals surface area (Å²) in [6.45, 7) is 0. The van der Waals surface area contributed by atoms with E-state index in [0.29, 0.717) is 22.2 Å². The Hall–Kier alpha value is -2.46. The highest BCUT2D eigenvalue weighted by Crippen LogP contribution is 2.42. The molecule has 1 heterocycles. The van der Waals surface area contributed by atoms with Crippen LogP contribution >= 0.6 is 35.0 Å². The van der Waals surface area contributed by atoms with Crippen molar-refractivity contribution in [2.24, 2.45) is 5.73 Å². The topological polar surface area (TPSA) is 87.2 Å². The van der Waals surface area contributed by atoms with Gasteiger partial charge in [-0.1, -0.05) is 53.2 Å². The van der Waals surface area contributed by atoms with Gasteiger partial charge >= 0.3 is 0 Å². The standard InChI is InChI=1S/C19H13Cl2N3O2S/c20-12-5-7-13(8-6-12)24-18(26)16(9-11-3-1-2-4-15(11)21)27-19(24)14(10-22)17(23)25/h1-8,16H,9H2,(H2,23,25). The second-order valence-electron chi connectivity index (χ2n) is 5.71. The molecular weight excluding hydrogens is 405 g/mol. The van der Waals surface area contributed by atoms with Crippen LogP contribution in [0, 0.1) is 11.3 Å². The molecule has 3 rings (SSSR count). The van der Waals surface area contributed by atoms with Crippen LogP contribution in [-0.2, 0) is 16.0 Å². The molecule has 2 aromatic carbocycles. The summed E-state index contributed by atoms with van der Waals surface area (Å²) in [6, 6.07) is 15.6. The molecule has 8 heteroatoms. The fourth-order valence-electron chi connectivity index (χ4n) is 2.69. The lowest BCUT2D eigenvalue weighted by Gasteiger charge is -2.18. The first-order valence-electron chi connectivity index (χ1n) is 7.86. The van der Waals surface area contributed by atoms with Gasteiger partial charge in [-0.05, 0) is 42.3 Å². The average Bonchev–Trinajstić information content (AvgIpc) is 2.94. The van der Waals surface area contributed by atoms with E-state index in [1.165, 1.54) is 4.90 Å². The first-order chi connectivity index (χ1) is 12.9. The first-order valence-corrected chi connectivity index (χ1v) is 9.49. The molecule has 1 atom stereocenters. The van der Waals surface area contributed by atoms with E-state index in [-0.39, 0.29) is 16.5 Å². The van der Waals surface area contributed by atoms with E-state index in [2.05, 4.69) is 0 Å². The number of amides is 2. The monoisotopic (exact) mass is 417 g/mol. The third-order valence-corrected chi connectivity index (χ3v) is 5.86. The molecule has 0 spiro atoms. The molecule has 5 nitrogen and oxygen atoms in total. The lowest BCUT2D eigenvalue weighted by Crippen LogP contribution is -2.31. The van der Waals surface area contributed by atoms with E-state index >= 15 is 0 Å². The van der Waals surface area contributed by atoms with Crippen molar-refractivity contribution in [2.75, 3.05) is 4.90 Å². The number of nitriles is 1. The van der Waals surface area contributed by atoms with Crippen molar-refractivity contribution < 1.29 is 9.59 Å². The maximum Gasteiger partial charge on any atom is 0.262 e. The van der Waals surface area contributed by atoms with Gasteiger partial charge in [0.15, 0.2) is 0 Å². The van der Waals surface area contributed by atoms with Crippen LogP contribution < -0.4 is 10.6 Å². The van der Waals surface area contributed by atoms with Crippen molar-refractivity contribution in [3.05, 3.63) is 74.7 Å². The number of anilines is 1. The Labute approximate surface area is 170 Å². The van der Waals surface area contributed by atoms with Crippen LogP contribution in [0.4, 0.5) is 5.69 Å². The zero-order chi connectivity index (χ0) is 19.6. The molecule has 27 heavy (non-hydrogen) atoms. The van der Waals surface area contributed by atoms with E-state index in [4.69, 9.17) is 28.9 Å². The fourth-order valence-corrected chi connectivity index (χ4v) is 4.33. The number of hydrogen-bond acceptors (Lipinski definition) is 4.